The standard InChI is InChI=1S/C40H50N4O6/c1-26(2)23-34(40(47)44-21-19-43(20-22-44)18-10-13-28-11-8-7-9-12-28)42-33-17-15-30-31(25-35(33)46)32(41-27(3)45)16-14-29-24-36(48-4)38(49-5)39(50-6)37(29)30/h7-13,15,17,24-26,32,34H,14,16,18-23H2,1-6H3,(H,41,45)(H,42,46)/b13-10+/t32-,34-/m0/s1. The van der Waals surface area contributed by atoms with Gasteiger partial charge in [0, 0.05) is 45.2 Å². The van der Waals surface area contributed by atoms with Crippen LogP contribution in [-0.2, 0) is 16.0 Å². The molecule has 2 atom stereocenters. The Bertz CT molecular complexity index is 1750. The highest BCUT2D eigenvalue weighted by Gasteiger charge is 2.31. The van der Waals surface area contributed by atoms with Crippen LogP contribution >= 0.6 is 0 Å². The highest BCUT2D eigenvalue weighted by molar-refractivity contribution is 5.86. The lowest BCUT2D eigenvalue weighted by Gasteiger charge is -2.36. The van der Waals surface area contributed by atoms with Crippen molar-refractivity contribution in [2.75, 3.05) is 59.4 Å². The molecule has 10 heteroatoms. The Morgan fingerprint density at radius 3 is 2.30 bits per heavy atom. The van der Waals surface area contributed by atoms with E-state index in [1.165, 1.54) is 12.5 Å². The van der Waals surface area contributed by atoms with Gasteiger partial charge in [-0.05, 0) is 65.6 Å². The highest BCUT2D eigenvalue weighted by atomic mass is 16.5. The summed E-state index contributed by atoms with van der Waals surface area (Å²) in [6.07, 6.45) is 6.03. The smallest absolute Gasteiger partial charge is 0.245 e. The molecule has 10 nitrogen and oxygen atoms in total. The molecule has 1 saturated heterocycles. The van der Waals surface area contributed by atoms with Crippen molar-refractivity contribution < 1.29 is 23.8 Å². The van der Waals surface area contributed by atoms with Gasteiger partial charge >= 0.3 is 0 Å². The van der Waals surface area contributed by atoms with Gasteiger partial charge in [0.05, 0.1) is 33.1 Å². The van der Waals surface area contributed by atoms with Crippen LogP contribution in [0.2, 0.25) is 0 Å². The van der Waals surface area contributed by atoms with E-state index in [1.54, 1.807) is 33.5 Å². The van der Waals surface area contributed by atoms with E-state index < -0.39 is 12.1 Å². The number of carbonyl (C=O) groups is 2. The number of benzene rings is 2. The molecule has 50 heavy (non-hydrogen) atoms. The lowest BCUT2D eigenvalue weighted by Crippen LogP contribution is -2.53. The second-order valence-corrected chi connectivity index (χ2v) is 13.4. The Hall–Kier alpha value is -4.83. The van der Waals surface area contributed by atoms with Gasteiger partial charge in [-0.1, -0.05) is 62.4 Å². The predicted molar refractivity (Wildman–Crippen MR) is 198 cm³/mol. The normalized spacial score (nSPS) is 16.6. The highest BCUT2D eigenvalue weighted by Crippen LogP contribution is 2.50. The number of rotatable bonds is 12. The fourth-order valence-corrected chi connectivity index (χ4v) is 6.98. The van der Waals surface area contributed by atoms with E-state index >= 15 is 0 Å². The zero-order valence-corrected chi connectivity index (χ0v) is 30.1. The summed E-state index contributed by atoms with van der Waals surface area (Å²) in [5.41, 5.74) is 4.37. The van der Waals surface area contributed by atoms with Gasteiger partial charge in [-0.3, -0.25) is 19.3 Å². The van der Waals surface area contributed by atoms with Gasteiger partial charge in [0.1, 0.15) is 6.04 Å². The topological polar surface area (TPSA) is 109 Å². The number of ether oxygens (including phenoxy) is 3. The first-order chi connectivity index (χ1) is 24.1. The number of methoxy groups -OCH3 is 3. The Balaban J connectivity index is 1.43. The van der Waals surface area contributed by atoms with Crippen LogP contribution in [0.15, 0.2) is 65.5 Å². The molecular formula is C40H50N4O6. The van der Waals surface area contributed by atoms with Gasteiger partial charge in [-0.2, -0.15) is 0 Å². The van der Waals surface area contributed by atoms with Crippen molar-refractivity contribution in [2.24, 2.45) is 5.92 Å². The first kappa shape index (κ1) is 36.5. The van der Waals surface area contributed by atoms with Crippen molar-refractivity contribution in [3.8, 4) is 28.4 Å². The van der Waals surface area contributed by atoms with Crippen LogP contribution in [0.1, 0.15) is 56.3 Å². The molecule has 3 aromatic rings. The van der Waals surface area contributed by atoms with Crippen LogP contribution in [0.3, 0.4) is 0 Å². The summed E-state index contributed by atoms with van der Waals surface area (Å²) in [4.78, 5) is 44.6. The second kappa shape index (κ2) is 16.7. The Morgan fingerprint density at radius 1 is 0.940 bits per heavy atom. The van der Waals surface area contributed by atoms with Gasteiger partial charge in [0.2, 0.25) is 23.0 Å². The summed E-state index contributed by atoms with van der Waals surface area (Å²) in [6.45, 7) is 9.24. The maximum absolute atomic E-state index is 14.0. The van der Waals surface area contributed by atoms with Crippen molar-refractivity contribution in [1.82, 2.24) is 15.1 Å². The van der Waals surface area contributed by atoms with Crippen LogP contribution in [-0.4, -0.2) is 81.7 Å². The van der Waals surface area contributed by atoms with Gasteiger partial charge in [0.15, 0.2) is 11.5 Å². The van der Waals surface area contributed by atoms with Crippen molar-refractivity contribution in [3.05, 3.63) is 87.6 Å². The van der Waals surface area contributed by atoms with E-state index in [-0.39, 0.29) is 23.2 Å². The van der Waals surface area contributed by atoms with Crippen LogP contribution in [0, 0.1) is 5.92 Å². The summed E-state index contributed by atoms with van der Waals surface area (Å²) in [6, 6.07) is 16.4. The number of carbonyl (C=O) groups excluding carboxylic acids is 2. The third-order valence-electron chi connectivity index (χ3n) is 9.41. The molecule has 1 aliphatic carbocycles. The van der Waals surface area contributed by atoms with E-state index in [9.17, 15) is 14.4 Å². The molecule has 0 spiro atoms. The molecule has 2 N–H and O–H groups in total. The predicted octanol–water partition coefficient (Wildman–Crippen LogP) is 5.55. The van der Waals surface area contributed by atoms with Crippen molar-refractivity contribution >= 4 is 23.6 Å². The minimum atomic E-state index is -0.577. The molecule has 1 heterocycles. The maximum Gasteiger partial charge on any atom is 0.245 e. The minimum absolute atomic E-state index is 0.00869. The number of aryl methyl sites for hydroxylation is 1. The number of nitrogens with one attached hydrogen (secondary N) is 2. The molecule has 3 aromatic carbocycles. The molecule has 266 valence electrons. The molecule has 2 aliphatic rings. The lowest BCUT2D eigenvalue weighted by atomic mass is 9.95. The number of nitrogens with zero attached hydrogens (tertiary/aromatic N) is 2. The molecule has 5 rings (SSSR count). The fraction of sp³-hybridized carbons (Fsp3) is 0.425. The van der Waals surface area contributed by atoms with E-state index in [0.717, 1.165) is 36.3 Å². The van der Waals surface area contributed by atoms with Crippen molar-refractivity contribution in [3.63, 3.8) is 0 Å². The minimum Gasteiger partial charge on any atom is -0.493 e. The molecule has 1 fully saturated rings. The van der Waals surface area contributed by atoms with E-state index in [4.69, 9.17) is 14.2 Å². The second-order valence-electron chi connectivity index (χ2n) is 13.4. The zero-order valence-electron chi connectivity index (χ0n) is 30.1. The molecule has 0 unspecified atom stereocenters. The van der Waals surface area contributed by atoms with E-state index in [0.29, 0.717) is 60.9 Å². The molecule has 1 aliphatic heterocycles. The Morgan fingerprint density at radius 2 is 1.66 bits per heavy atom. The Kier molecular flexibility index (Phi) is 12.2. The van der Waals surface area contributed by atoms with Gasteiger partial charge < -0.3 is 29.7 Å². The summed E-state index contributed by atoms with van der Waals surface area (Å²) in [5.74, 6) is 1.48. The third-order valence-corrected chi connectivity index (χ3v) is 9.41. The molecule has 0 aromatic heterocycles. The lowest BCUT2D eigenvalue weighted by molar-refractivity contribution is -0.134. The van der Waals surface area contributed by atoms with Crippen molar-refractivity contribution in [1.29, 1.82) is 0 Å². The first-order valence-corrected chi connectivity index (χ1v) is 17.4. The van der Waals surface area contributed by atoms with Crippen molar-refractivity contribution in [2.45, 2.75) is 52.1 Å². The SMILES string of the molecule is COc1cc2c(c(OC)c1OC)-c1ccc(N[C@@H](CC(C)C)C(=O)N3CCN(C/C=C/c4ccccc4)CC3)c(=O)cc1[C@@H](NC(C)=O)CC2. The molecule has 0 radical (unpaired) electrons. The summed E-state index contributed by atoms with van der Waals surface area (Å²) >= 11 is 0. The van der Waals surface area contributed by atoms with Gasteiger partial charge in [-0.25, -0.2) is 0 Å². The number of anilines is 1. The quantitative estimate of drug-likeness (QED) is 0.256. The van der Waals surface area contributed by atoms with Gasteiger partial charge in [0.25, 0.3) is 0 Å². The average Bonchev–Trinajstić information content (AvgIpc) is 3.35. The van der Waals surface area contributed by atoms with E-state index in [2.05, 4.69) is 53.7 Å². The van der Waals surface area contributed by atoms with Crippen LogP contribution in [0.5, 0.6) is 17.2 Å². The Labute approximate surface area is 295 Å². The molecule has 0 saturated carbocycles. The molecule has 2 amide bonds. The summed E-state index contributed by atoms with van der Waals surface area (Å²) in [7, 11) is 4.71. The molecular weight excluding hydrogens is 632 g/mol. The van der Waals surface area contributed by atoms with Crippen LogP contribution < -0.4 is 30.3 Å². The fourth-order valence-electron chi connectivity index (χ4n) is 6.98. The zero-order chi connectivity index (χ0) is 35.8. The largest absolute Gasteiger partial charge is 0.493 e. The number of fused-ring (bicyclic) bond motifs is 3. The van der Waals surface area contributed by atoms with E-state index in [1.807, 2.05) is 35.2 Å². The monoisotopic (exact) mass is 682 g/mol. The van der Waals surface area contributed by atoms with Crippen LogP contribution in [0.4, 0.5) is 5.69 Å². The number of hydrogen-bond donors (Lipinski definition) is 2. The molecule has 0 bridgehead atoms. The van der Waals surface area contributed by atoms with Crippen LogP contribution in [0.25, 0.3) is 17.2 Å². The van der Waals surface area contributed by atoms with Gasteiger partial charge in [-0.15, -0.1) is 0 Å². The number of piperazine rings is 1. The first-order valence-electron chi connectivity index (χ1n) is 17.4. The summed E-state index contributed by atoms with van der Waals surface area (Å²) in [5, 5.41) is 6.41. The average molecular weight is 683 g/mol. The third kappa shape index (κ3) is 8.48. The number of hydrogen-bond acceptors (Lipinski definition) is 8. The number of amides is 2. The summed E-state index contributed by atoms with van der Waals surface area (Å²) < 4.78 is 17.3. The maximum atomic E-state index is 14.0.